The van der Waals surface area contributed by atoms with Crippen LogP contribution in [0.25, 0.3) is 5.03 Å². The maximum Gasteiger partial charge on any atom is 0.253 e. The molecule has 2 aromatic rings. The highest BCUT2D eigenvalue weighted by atomic mass is 35.5. The molecule has 2 aliphatic heterocycles. The van der Waals surface area contributed by atoms with Crippen LogP contribution in [0, 0.1) is 0 Å². The lowest BCUT2D eigenvalue weighted by Crippen LogP contribution is -2.50. The van der Waals surface area contributed by atoms with Crippen molar-refractivity contribution in [3.05, 3.63) is 52.5 Å². The van der Waals surface area contributed by atoms with Crippen LogP contribution in [-0.2, 0) is 17.6 Å². The van der Waals surface area contributed by atoms with E-state index in [0.29, 0.717) is 41.1 Å². The highest BCUT2D eigenvalue weighted by molar-refractivity contribution is 6.49. The molecule has 2 fully saturated rings. The van der Waals surface area contributed by atoms with Crippen molar-refractivity contribution >= 4 is 28.4 Å². The molecule has 3 aliphatic rings. The fourth-order valence-electron chi connectivity index (χ4n) is 5.52. The average molecular weight is 540 g/mol. The van der Waals surface area contributed by atoms with Gasteiger partial charge in [-0.15, -0.1) is 0 Å². The number of nitrogens with one attached hydrogen (secondary N) is 1. The van der Waals surface area contributed by atoms with Crippen LogP contribution in [0.2, 0.25) is 0 Å². The Bertz CT molecular complexity index is 1210. The number of halogens is 1. The number of likely N-dealkylation sites (tertiary alicyclic amines) is 1. The molecule has 0 bridgehead atoms. The first-order chi connectivity index (χ1) is 18.2. The van der Waals surface area contributed by atoms with Gasteiger partial charge in [0.2, 0.25) is 0 Å². The molecule has 0 unspecified atom stereocenters. The van der Waals surface area contributed by atoms with Crippen LogP contribution in [0.15, 0.2) is 24.3 Å². The molecule has 2 saturated heterocycles. The number of morpholine rings is 1. The Morgan fingerprint density at radius 3 is 2.58 bits per heavy atom. The quantitative estimate of drug-likeness (QED) is 0.584. The molecule has 1 aromatic carbocycles. The monoisotopic (exact) mass is 539 g/mol. The van der Waals surface area contributed by atoms with E-state index in [4.69, 9.17) is 31.0 Å². The lowest BCUT2D eigenvalue weighted by atomic mass is 10.0. The number of rotatable bonds is 6. The number of methoxy groups -OCH3 is 1. The number of piperidine rings is 1. The van der Waals surface area contributed by atoms with Gasteiger partial charge in [0.15, 0.2) is 0 Å². The van der Waals surface area contributed by atoms with Gasteiger partial charge in [-0.05, 0) is 45.7 Å². The van der Waals surface area contributed by atoms with Gasteiger partial charge < -0.3 is 19.7 Å². The van der Waals surface area contributed by atoms with Crippen LogP contribution < -0.4 is 10.1 Å². The third kappa shape index (κ3) is 5.98. The predicted molar refractivity (Wildman–Crippen MR) is 150 cm³/mol. The minimum atomic E-state index is -0.171. The summed E-state index contributed by atoms with van der Waals surface area (Å²) in [6.07, 6.45) is 5.16. The summed E-state index contributed by atoms with van der Waals surface area (Å²) in [5.41, 5.74) is 3.23. The van der Waals surface area contributed by atoms with Crippen LogP contribution in [-0.4, -0.2) is 83.8 Å². The Balaban J connectivity index is 1.29. The van der Waals surface area contributed by atoms with E-state index in [1.54, 1.807) is 7.11 Å². The van der Waals surface area contributed by atoms with Crippen molar-refractivity contribution in [2.24, 2.45) is 0 Å². The molecule has 9 heteroatoms. The summed E-state index contributed by atoms with van der Waals surface area (Å²) in [6.45, 7) is 11.4. The summed E-state index contributed by atoms with van der Waals surface area (Å²) in [4.78, 5) is 27.5. The van der Waals surface area contributed by atoms with Crippen molar-refractivity contribution in [3.63, 3.8) is 0 Å². The number of anilines is 1. The minimum Gasteiger partial charge on any atom is -0.496 e. The number of hydrogen-bond donors (Lipinski definition) is 1. The number of allylic oxidation sites excluding steroid dienone is 1. The second kappa shape index (κ2) is 11.2. The van der Waals surface area contributed by atoms with E-state index < -0.39 is 0 Å². The summed E-state index contributed by atoms with van der Waals surface area (Å²) in [5.74, 6) is 2.17. The number of amides is 1. The molecular formula is C29H38ClN5O3. The smallest absolute Gasteiger partial charge is 0.253 e. The minimum absolute atomic E-state index is 0.0569. The number of benzene rings is 1. The zero-order valence-electron chi connectivity index (χ0n) is 22.8. The van der Waals surface area contributed by atoms with E-state index in [1.807, 2.05) is 29.2 Å². The Labute approximate surface area is 230 Å². The fraction of sp³-hybridized carbons (Fsp3) is 0.552. The molecule has 8 nitrogen and oxygen atoms in total. The molecular weight excluding hydrogens is 502 g/mol. The van der Waals surface area contributed by atoms with Crippen molar-refractivity contribution in [2.45, 2.75) is 58.0 Å². The second-order valence-electron chi connectivity index (χ2n) is 11.3. The van der Waals surface area contributed by atoms with Crippen molar-refractivity contribution in [1.29, 1.82) is 0 Å². The summed E-state index contributed by atoms with van der Waals surface area (Å²) >= 11 is 6.47. The van der Waals surface area contributed by atoms with E-state index >= 15 is 0 Å². The van der Waals surface area contributed by atoms with Crippen LogP contribution in [0.4, 0.5) is 5.82 Å². The Hall–Kier alpha value is -2.68. The largest absolute Gasteiger partial charge is 0.496 e. The van der Waals surface area contributed by atoms with Gasteiger partial charge in [0, 0.05) is 66.8 Å². The molecule has 1 aliphatic carbocycles. The molecule has 0 radical (unpaired) electrons. The second-order valence-corrected chi connectivity index (χ2v) is 11.7. The normalized spacial score (nSPS) is 18.8. The van der Waals surface area contributed by atoms with Gasteiger partial charge in [0.05, 0.1) is 31.6 Å². The summed E-state index contributed by atoms with van der Waals surface area (Å²) < 4.78 is 11.2. The molecule has 0 spiro atoms. The number of ether oxygens (including phenoxy) is 2. The number of carbonyl (C=O) groups is 1. The fourth-order valence-corrected chi connectivity index (χ4v) is 5.80. The van der Waals surface area contributed by atoms with Crippen LogP contribution in [0.5, 0.6) is 5.75 Å². The highest BCUT2D eigenvalue weighted by Gasteiger charge is 2.29. The maximum absolute atomic E-state index is 13.3. The number of hydrogen-bond acceptors (Lipinski definition) is 7. The standard InChI is InChI=1S/C29H38ClN5O3/c1-29(2,3)33-27-26-22(30)7-8-23(26)31-25(32-27)18-19-5-6-20(17-24(19)37-4)28(36)35-11-9-21(10-12-35)34-13-15-38-16-14-34/h5-7,17,21H,8-16,18H2,1-4H3,(H,31,32,33). The lowest BCUT2D eigenvalue weighted by molar-refractivity contribution is 0.00158. The van der Waals surface area contributed by atoms with Crippen molar-refractivity contribution in [3.8, 4) is 5.75 Å². The van der Waals surface area contributed by atoms with E-state index in [0.717, 1.165) is 74.9 Å². The van der Waals surface area contributed by atoms with Crippen LogP contribution in [0.1, 0.15) is 66.6 Å². The van der Waals surface area contributed by atoms with Crippen LogP contribution in [0.3, 0.4) is 0 Å². The SMILES string of the molecule is COc1cc(C(=O)N2CCC(N3CCOCC3)CC2)ccc1Cc1nc2c(c(NC(C)(C)C)n1)C(Cl)=CC2. The summed E-state index contributed by atoms with van der Waals surface area (Å²) in [5, 5.41) is 4.17. The third-order valence-corrected chi connectivity index (χ3v) is 7.78. The van der Waals surface area contributed by atoms with Gasteiger partial charge in [-0.25, -0.2) is 9.97 Å². The summed E-state index contributed by atoms with van der Waals surface area (Å²) in [7, 11) is 1.64. The number of carbonyl (C=O) groups excluding carboxylic acids is 1. The van der Waals surface area contributed by atoms with E-state index in [-0.39, 0.29) is 11.4 Å². The number of aromatic nitrogens is 2. The van der Waals surface area contributed by atoms with Gasteiger partial charge in [-0.2, -0.15) is 0 Å². The number of nitrogens with zero attached hydrogens (tertiary/aromatic N) is 4. The van der Waals surface area contributed by atoms with E-state index in [1.165, 1.54) is 0 Å². The van der Waals surface area contributed by atoms with Crippen molar-refractivity contribution < 1.29 is 14.3 Å². The van der Waals surface area contributed by atoms with Gasteiger partial charge in [0.1, 0.15) is 17.4 Å². The van der Waals surface area contributed by atoms with Gasteiger partial charge >= 0.3 is 0 Å². The zero-order valence-corrected chi connectivity index (χ0v) is 23.6. The Kier molecular flexibility index (Phi) is 7.93. The molecule has 38 heavy (non-hydrogen) atoms. The Morgan fingerprint density at radius 2 is 1.89 bits per heavy atom. The Morgan fingerprint density at radius 1 is 1.16 bits per heavy atom. The maximum atomic E-state index is 13.3. The van der Waals surface area contributed by atoms with Crippen LogP contribution >= 0.6 is 11.6 Å². The van der Waals surface area contributed by atoms with E-state index in [2.05, 4.69) is 31.0 Å². The highest BCUT2D eigenvalue weighted by Crippen LogP contribution is 2.36. The topological polar surface area (TPSA) is 79.8 Å². The predicted octanol–water partition coefficient (Wildman–Crippen LogP) is 4.36. The average Bonchev–Trinajstić information content (AvgIpc) is 3.29. The molecule has 204 valence electrons. The van der Waals surface area contributed by atoms with Crippen molar-refractivity contribution in [2.75, 3.05) is 51.8 Å². The van der Waals surface area contributed by atoms with Gasteiger partial charge in [-0.1, -0.05) is 23.7 Å². The van der Waals surface area contributed by atoms with E-state index in [9.17, 15) is 4.79 Å². The molecule has 0 atom stereocenters. The molecule has 5 rings (SSSR count). The first kappa shape index (κ1) is 26.9. The summed E-state index contributed by atoms with van der Waals surface area (Å²) in [6, 6.07) is 6.25. The lowest BCUT2D eigenvalue weighted by Gasteiger charge is -2.40. The molecule has 1 amide bonds. The molecule has 1 N–H and O–H groups in total. The first-order valence-corrected chi connectivity index (χ1v) is 13.9. The first-order valence-electron chi connectivity index (χ1n) is 13.5. The zero-order chi connectivity index (χ0) is 26.9. The molecule has 1 aromatic heterocycles. The van der Waals surface area contributed by atoms with Gasteiger partial charge in [0.25, 0.3) is 5.91 Å². The molecule has 3 heterocycles. The van der Waals surface area contributed by atoms with Gasteiger partial charge in [-0.3, -0.25) is 9.69 Å². The van der Waals surface area contributed by atoms with Crippen molar-refractivity contribution in [1.82, 2.24) is 19.8 Å². The molecule has 0 saturated carbocycles. The third-order valence-electron chi connectivity index (χ3n) is 7.43. The number of fused-ring (bicyclic) bond motifs is 1.